The molecule has 2 aliphatic rings. The van der Waals surface area contributed by atoms with E-state index < -0.39 is 17.4 Å². The van der Waals surface area contributed by atoms with E-state index in [1.807, 2.05) is 11.0 Å². The molecule has 2 fully saturated rings. The van der Waals surface area contributed by atoms with Crippen LogP contribution in [0.5, 0.6) is 0 Å². The zero-order chi connectivity index (χ0) is 17.6. The molecule has 4 rings (SSSR count). The molecule has 0 radical (unpaired) electrons. The van der Waals surface area contributed by atoms with Gasteiger partial charge in [-0.25, -0.2) is 14.6 Å². The lowest BCUT2D eigenvalue weighted by Gasteiger charge is -2.40. The Bertz CT molecular complexity index is 840. The Hall–Kier alpha value is -2.45. The predicted molar refractivity (Wildman–Crippen MR) is 83.2 cm³/mol. The van der Waals surface area contributed by atoms with Crippen molar-refractivity contribution in [3.8, 4) is 0 Å². The largest absolute Gasteiger partial charge is 0.435 e. The van der Waals surface area contributed by atoms with E-state index in [9.17, 15) is 18.0 Å². The molecule has 1 aliphatic carbocycles. The van der Waals surface area contributed by atoms with Gasteiger partial charge in [0, 0.05) is 37.2 Å². The van der Waals surface area contributed by atoms with Crippen LogP contribution in [0.1, 0.15) is 30.3 Å². The maximum Gasteiger partial charge on any atom is 0.435 e. The average molecular weight is 351 g/mol. The second-order valence-electron chi connectivity index (χ2n) is 6.56. The minimum atomic E-state index is -4.55. The van der Waals surface area contributed by atoms with E-state index in [4.69, 9.17) is 0 Å². The predicted octanol–water partition coefficient (Wildman–Crippen LogP) is 2.07. The molecule has 132 valence electrons. The Morgan fingerprint density at radius 1 is 1.16 bits per heavy atom. The van der Waals surface area contributed by atoms with E-state index >= 15 is 0 Å². The van der Waals surface area contributed by atoms with Crippen LogP contribution in [-0.4, -0.2) is 32.8 Å². The van der Waals surface area contributed by atoms with Gasteiger partial charge in [-0.15, -0.1) is 0 Å². The maximum absolute atomic E-state index is 12.7. The fourth-order valence-electron chi connectivity index (χ4n) is 2.93. The highest BCUT2D eigenvalue weighted by Crippen LogP contribution is 2.38. The summed E-state index contributed by atoms with van der Waals surface area (Å²) < 4.78 is 39.1. The number of anilines is 1. The molecule has 2 aromatic heterocycles. The molecule has 1 aliphatic heterocycles. The molecular weight excluding hydrogens is 335 g/mol. The molecule has 0 spiro atoms. The molecule has 6 nitrogen and oxygen atoms in total. The van der Waals surface area contributed by atoms with Crippen LogP contribution in [0.4, 0.5) is 19.0 Å². The van der Waals surface area contributed by atoms with Crippen LogP contribution >= 0.6 is 0 Å². The fraction of sp³-hybridized carbons (Fsp3) is 0.500. The Kier molecular flexibility index (Phi) is 3.73. The summed E-state index contributed by atoms with van der Waals surface area (Å²) in [7, 11) is 0. The molecule has 3 heterocycles. The van der Waals surface area contributed by atoms with E-state index in [2.05, 4.69) is 15.1 Å². The summed E-state index contributed by atoms with van der Waals surface area (Å²) in [4.78, 5) is 22.6. The van der Waals surface area contributed by atoms with Crippen molar-refractivity contribution in [2.24, 2.45) is 5.92 Å². The quantitative estimate of drug-likeness (QED) is 0.844. The molecule has 1 saturated carbocycles. The van der Waals surface area contributed by atoms with Crippen molar-refractivity contribution >= 4 is 5.82 Å². The summed E-state index contributed by atoms with van der Waals surface area (Å²) in [5.74, 6) is 2.21. The van der Waals surface area contributed by atoms with Gasteiger partial charge >= 0.3 is 6.18 Å². The molecule has 0 unspecified atom stereocenters. The van der Waals surface area contributed by atoms with Crippen molar-refractivity contribution in [1.82, 2.24) is 19.7 Å². The van der Waals surface area contributed by atoms with Crippen LogP contribution in [-0.2, 0) is 12.7 Å². The Morgan fingerprint density at radius 2 is 1.92 bits per heavy atom. The fourth-order valence-corrected chi connectivity index (χ4v) is 2.93. The van der Waals surface area contributed by atoms with Gasteiger partial charge in [0.05, 0.1) is 6.54 Å². The minimum absolute atomic E-state index is 0.0630. The number of hydrogen-bond donors (Lipinski definition) is 0. The van der Waals surface area contributed by atoms with Gasteiger partial charge in [0.1, 0.15) is 11.6 Å². The van der Waals surface area contributed by atoms with Crippen LogP contribution < -0.4 is 10.5 Å². The van der Waals surface area contributed by atoms with Crippen molar-refractivity contribution in [2.75, 3.05) is 18.0 Å². The number of alkyl halides is 3. The minimum Gasteiger partial charge on any atom is -0.356 e. The number of halogens is 3. The summed E-state index contributed by atoms with van der Waals surface area (Å²) in [6, 6.07) is 3.46. The van der Waals surface area contributed by atoms with Crippen LogP contribution in [0.2, 0.25) is 0 Å². The summed E-state index contributed by atoms with van der Waals surface area (Å²) in [6.07, 6.45) is -0.574. The molecule has 9 heteroatoms. The number of rotatable bonds is 4. The standard InChI is InChI=1S/C16H16F3N5O/c17-16(18,19)12-3-4-14(25)24(22-12)9-10-7-23(8-10)13-5-6-20-15(21-13)11-1-2-11/h3-6,10-11H,1-2,7-9H2. The Balaban J connectivity index is 1.42. The van der Waals surface area contributed by atoms with E-state index in [1.165, 1.54) is 0 Å². The first-order chi connectivity index (χ1) is 11.9. The van der Waals surface area contributed by atoms with Gasteiger partial charge in [-0.1, -0.05) is 0 Å². The summed E-state index contributed by atoms with van der Waals surface area (Å²) in [5.41, 5.74) is -1.57. The number of nitrogens with zero attached hydrogens (tertiary/aromatic N) is 5. The summed E-state index contributed by atoms with van der Waals surface area (Å²) in [6.45, 7) is 1.43. The smallest absolute Gasteiger partial charge is 0.356 e. The molecule has 0 bridgehead atoms. The van der Waals surface area contributed by atoms with Crippen LogP contribution in [0.15, 0.2) is 29.2 Å². The molecule has 2 aromatic rings. The van der Waals surface area contributed by atoms with Crippen molar-refractivity contribution < 1.29 is 13.2 Å². The summed E-state index contributed by atoms with van der Waals surface area (Å²) in [5, 5.41) is 3.44. The maximum atomic E-state index is 12.7. The van der Waals surface area contributed by atoms with Gasteiger partial charge in [-0.05, 0) is 25.0 Å². The second-order valence-corrected chi connectivity index (χ2v) is 6.56. The van der Waals surface area contributed by atoms with Crippen molar-refractivity contribution in [2.45, 2.75) is 31.5 Å². The first-order valence-electron chi connectivity index (χ1n) is 8.13. The Morgan fingerprint density at radius 3 is 2.60 bits per heavy atom. The van der Waals surface area contributed by atoms with Gasteiger partial charge < -0.3 is 4.90 Å². The van der Waals surface area contributed by atoms with E-state index in [0.29, 0.717) is 25.1 Å². The molecule has 0 atom stereocenters. The van der Waals surface area contributed by atoms with E-state index in [1.54, 1.807) is 6.20 Å². The highest BCUT2D eigenvalue weighted by molar-refractivity contribution is 5.41. The lowest BCUT2D eigenvalue weighted by molar-refractivity contribution is -0.142. The third-order valence-corrected chi connectivity index (χ3v) is 4.47. The van der Waals surface area contributed by atoms with E-state index in [0.717, 1.165) is 35.2 Å². The molecule has 1 saturated heterocycles. The molecule has 0 aromatic carbocycles. The summed E-state index contributed by atoms with van der Waals surface area (Å²) >= 11 is 0. The number of aromatic nitrogens is 4. The van der Waals surface area contributed by atoms with Gasteiger partial charge in [-0.3, -0.25) is 4.79 Å². The topological polar surface area (TPSA) is 63.9 Å². The van der Waals surface area contributed by atoms with Gasteiger partial charge in [-0.2, -0.15) is 18.3 Å². The average Bonchev–Trinajstić information content (AvgIpc) is 3.36. The lowest BCUT2D eigenvalue weighted by atomic mass is 10.0. The third kappa shape index (κ3) is 3.35. The molecule has 0 N–H and O–H groups in total. The van der Waals surface area contributed by atoms with Gasteiger partial charge in [0.2, 0.25) is 0 Å². The first-order valence-corrected chi connectivity index (χ1v) is 8.13. The second kappa shape index (κ2) is 5.82. The molecule has 25 heavy (non-hydrogen) atoms. The monoisotopic (exact) mass is 351 g/mol. The number of hydrogen-bond acceptors (Lipinski definition) is 5. The van der Waals surface area contributed by atoms with Gasteiger partial charge in [0.15, 0.2) is 5.69 Å². The van der Waals surface area contributed by atoms with Crippen molar-refractivity contribution in [3.63, 3.8) is 0 Å². The highest BCUT2D eigenvalue weighted by Gasteiger charge is 2.34. The molecule has 0 amide bonds. The Labute approximate surface area is 141 Å². The van der Waals surface area contributed by atoms with Crippen LogP contribution in [0.25, 0.3) is 0 Å². The van der Waals surface area contributed by atoms with Gasteiger partial charge in [0.25, 0.3) is 5.56 Å². The third-order valence-electron chi connectivity index (χ3n) is 4.47. The van der Waals surface area contributed by atoms with Crippen LogP contribution in [0.3, 0.4) is 0 Å². The van der Waals surface area contributed by atoms with Crippen molar-refractivity contribution in [3.05, 3.63) is 46.3 Å². The normalized spacial score (nSPS) is 18.3. The van der Waals surface area contributed by atoms with Crippen LogP contribution in [0, 0.1) is 5.92 Å². The SMILES string of the molecule is O=c1ccc(C(F)(F)F)nn1CC1CN(c2ccnc(C3CC3)n2)C1. The molecular formula is C16H16F3N5O. The highest BCUT2D eigenvalue weighted by atomic mass is 19.4. The first kappa shape index (κ1) is 16.0. The lowest BCUT2D eigenvalue weighted by Crippen LogP contribution is -2.50. The zero-order valence-electron chi connectivity index (χ0n) is 13.3. The van der Waals surface area contributed by atoms with Crippen molar-refractivity contribution in [1.29, 1.82) is 0 Å². The van der Waals surface area contributed by atoms with E-state index in [-0.39, 0.29) is 12.5 Å². The zero-order valence-corrected chi connectivity index (χ0v) is 13.3.